The molecule has 2 aliphatic heterocycles. The lowest BCUT2D eigenvalue weighted by Gasteiger charge is -2.32. The van der Waals surface area contributed by atoms with Crippen molar-refractivity contribution in [3.8, 4) is 5.75 Å². The minimum Gasteiger partial charge on any atom is -0.494 e. The van der Waals surface area contributed by atoms with Gasteiger partial charge in [-0.15, -0.1) is 0 Å². The quantitative estimate of drug-likeness (QED) is 0.346. The van der Waals surface area contributed by atoms with Crippen LogP contribution >= 0.6 is 0 Å². The van der Waals surface area contributed by atoms with E-state index in [2.05, 4.69) is 90.4 Å². The third kappa shape index (κ3) is 6.78. The summed E-state index contributed by atoms with van der Waals surface area (Å²) in [5.74, 6) is 1.83. The number of piperidine rings is 1. The Kier molecular flexibility index (Phi) is 8.40. The SMILES string of the molecule is Cc1ccc(CN2CCC(CCOc3ccc4c(c3)CN(Cc3ccccc3C)CCC4)CC2)cc1. The van der Waals surface area contributed by atoms with Crippen LogP contribution in [0.3, 0.4) is 0 Å². The zero-order valence-electron chi connectivity index (χ0n) is 22.2. The van der Waals surface area contributed by atoms with E-state index in [1.54, 1.807) is 0 Å². The molecule has 0 aromatic heterocycles. The molecule has 3 aromatic carbocycles. The molecule has 0 aliphatic carbocycles. The lowest BCUT2D eigenvalue weighted by Crippen LogP contribution is -2.33. The summed E-state index contributed by atoms with van der Waals surface area (Å²) < 4.78 is 6.29. The minimum atomic E-state index is 0.782. The van der Waals surface area contributed by atoms with E-state index >= 15 is 0 Å². The molecule has 0 bridgehead atoms. The Morgan fingerprint density at radius 2 is 1.61 bits per heavy atom. The Balaban J connectivity index is 1.08. The van der Waals surface area contributed by atoms with Crippen molar-refractivity contribution >= 4 is 0 Å². The van der Waals surface area contributed by atoms with Crippen LogP contribution in [0.25, 0.3) is 0 Å². The van der Waals surface area contributed by atoms with Gasteiger partial charge in [-0.3, -0.25) is 9.80 Å². The highest BCUT2D eigenvalue weighted by atomic mass is 16.5. The summed E-state index contributed by atoms with van der Waals surface area (Å²) >= 11 is 0. The van der Waals surface area contributed by atoms with Gasteiger partial charge >= 0.3 is 0 Å². The fourth-order valence-electron chi connectivity index (χ4n) is 5.79. The van der Waals surface area contributed by atoms with Crippen LogP contribution in [-0.4, -0.2) is 36.0 Å². The molecular formula is C33H42N2O. The first-order chi connectivity index (χ1) is 17.6. The van der Waals surface area contributed by atoms with E-state index in [1.165, 1.54) is 72.2 Å². The Hall–Kier alpha value is -2.62. The average Bonchev–Trinajstić information content (AvgIpc) is 3.09. The normalized spacial score (nSPS) is 17.5. The maximum Gasteiger partial charge on any atom is 0.119 e. The molecule has 0 radical (unpaired) electrons. The minimum absolute atomic E-state index is 0.782. The number of benzene rings is 3. The van der Waals surface area contributed by atoms with Crippen LogP contribution in [0.2, 0.25) is 0 Å². The van der Waals surface area contributed by atoms with E-state index in [0.29, 0.717) is 0 Å². The van der Waals surface area contributed by atoms with Crippen molar-refractivity contribution in [3.63, 3.8) is 0 Å². The summed E-state index contributed by atoms with van der Waals surface area (Å²) in [6.45, 7) is 11.9. The molecule has 1 saturated heterocycles. The predicted octanol–water partition coefficient (Wildman–Crippen LogP) is 6.93. The monoisotopic (exact) mass is 482 g/mol. The van der Waals surface area contributed by atoms with Crippen molar-refractivity contribution in [1.29, 1.82) is 0 Å². The van der Waals surface area contributed by atoms with Crippen LogP contribution in [0.4, 0.5) is 0 Å². The lowest BCUT2D eigenvalue weighted by molar-refractivity contribution is 0.157. The third-order valence-corrected chi connectivity index (χ3v) is 8.18. The zero-order valence-corrected chi connectivity index (χ0v) is 22.2. The Morgan fingerprint density at radius 3 is 2.42 bits per heavy atom. The number of rotatable bonds is 8. The molecule has 0 amide bonds. The summed E-state index contributed by atoms with van der Waals surface area (Å²) in [6.07, 6.45) is 6.12. The van der Waals surface area contributed by atoms with Gasteiger partial charge in [-0.1, -0.05) is 60.2 Å². The van der Waals surface area contributed by atoms with Crippen molar-refractivity contribution in [2.45, 2.75) is 65.6 Å². The fourth-order valence-corrected chi connectivity index (χ4v) is 5.79. The van der Waals surface area contributed by atoms with Crippen LogP contribution < -0.4 is 4.74 Å². The van der Waals surface area contributed by atoms with Crippen molar-refractivity contribution in [2.24, 2.45) is 5.92 Å². The molecule has 1 fully saturated rings. The number of nitrogens with zero attached hydrogens (tertiary/aromatic N) is 2. The molecule has 190 valence electrons. The summed E-state index contributed by atoms with van der Waals surface area (Å²) in [6, 6.07) is 24.6. The van der Waals surface area contributed by atoms with Gasteiger partial charge in [-0.2, -0.15) is 0 Å². The Morgan fingerprint density at radius 1 is 0.806 bits per heavy atom. The van der Waals surface area contributed by atoms with Crippen LogP contribution in [-0.2, 0) is 26.1 Å². The number of hydrogen-bond donors (Lipinski definition) is 0. The molecule has 2 heterocycles. The van der Waals surface area contributed by atoms with Gasteiger partial charge in [0.1, 0.15) is 5.75 Å². The van der Waals surface area contributed by atoms with Gasteiger partial charge in [-0.25, -0.2) is 0 Å². The topological polar surface area (TPSA) is 15.7 Å². The fraction of sp³-hybridized carbons (Fsp3) is 0.455. The van der Waals surface area contributed by atoms with E-state index in [1.807, 2.05) is 0 Å². The van der Waals surface area contributed by atoms with Crippen LogP contribution in [0.5, 0.6) is 5.75 Å². The molecule has 0 atom stereocenters. The van der Waals surface area contributed by atoms with Gasteiger partial charge in [-0.05, 0) is 111 Å². The van der Waals surface area contributed by atoms with Gasteiger partial charge in [0.15, 0.2) is 0 Å². The predicted molar refractivity (Wildman–Crippen MR) is 149 cm³/mol. The van der Waals surface area contributed by atoms with Crippen molar-refractivity contribution in [2.75, 3.05) is 26.2 Å². The molecule has 36 heavy (non-hydrogen) atoms. The molecule has 3 nitrogen and oxygen atoms in total. The number of aryl methyl sites for hydroxylation is 3. The summed E-state index contributed by atoms with van der Waals surface area (Å²) in [4.78, 5) is 5.21. The Labute approximate surface area is 218 Å². The number of fused-ring (bicyclic) bond motifs is 1. The van der Waals surface area contributed by atoms with Crippen molar-refractivity contribution in [1.82, 2.24) is 9.80 Å². The highest BCUT2D eigenvalue weighted by molar-refractivity contribution is 5.37. The standard InChI is InChI=1S/C33H42N2O/c1-26-9-11-29(12-10-26)23-34-19-15-28(16-20-34)17-21-36-33-14-13-30-8-5-18-35(25-32(30)22-33)24-31-7-4-3-6-27(31)2/h3-4,6-7,9-14,22,28H,5,8,15-21,23-25H2,1-2H3. The summed E-state index contributed by atoms with van der Waals surface area (Å²) in [5, 5.41) is 0. The first-order valence-corrected chi connectivity index (χ1v) is 13.9. The van der Waals surface area contributed by atoms with Gasteiger partial charge in [0, 0.05) is 19.6 Å². The van der Waals surface area contributed by atoms with E-state index in [4.69, 9.17) is 4.74 Å². The molecule has 0 saturated carbocycles. The lowest BCUT2D eigenvalue weighted by atomic mass is 9.93. The number of likely N-dealkylation sites (tertiary alicyclic amines) is 1. The average molecular weight is 483 g/mol. The smallest absolute Gasteiger partial charge is 0.119 e. The first kappa shape index (κ1) is 25.0. The van der Waals surface area contributed by atoms with E-state index in [9.17, 15) is 0 Å². The highest BCUT2D eigenvalue weighted by Crippen LogP contribution is 2.27. The molecular weight excluding hydrogens is 440 g/mol. The van der Waals surface area contributed by atoms with Gasteiger partial charge < -0.3 is 4.74 Å². The second-order valence-electron chi connectivity index (χ2n) is 11.0. The molecule has 0 spiro atoms. The summed E-state index contributed by atoms with van der Waals surface area (Å²) in [7, 11) is 0. The molecule has 3 aromatic rings. The van der Waals surface area contributed by atoms with Crippen LogP contribution in [0, 0.1) is 19.8 Å². The third-order valence-electron chi connectivity index (χ3n) is 8.18. The zero-order chi connectivity index (χ0) is 24.7. The van der Waals surface area contributed by atoms with E-state index in [0.717, 1.165) is 50.9 Å². The number of hydrogen-bond acceptors (Lipinski definition) is 3. The number of ether oxygens (including phenoxy) is 1. The molecule has 0 N–H and O–H groups in total. The molecule has 5 rings (SSSR count). The van der Waals surface area contributed by atoms with Crippen molar-refractivity contribution in [3.05, 3.63) is 100 Å². The van der Waals surface area contributed by atoms with Crippen LogP contribution in [0.1, 0.15) is 59.1 Å². The van der Waals surface area contributed by atoms with Crippen LogP contribution in [0.15, 0.2) is 66.7 Å². The second-order valence-corrected chi connectivity index (χ2v) is 11.0. The van der Waals surface area contributed by atoms with Crippen molar-refractivity contribution < 1.29 is 4.74 Å². The second kappa shape index (κ2) is 12.1. The molecule has 2 aliphatic rings. The maximum absolute atomic E-state index is 6.29. The molecule has 0 unspecified atom stereocenters. The first-order valence-electron chi connectivity index (χ1n) is 13.9. The maximum atomic E-state index is 6.29. The molecule has 3 heteroatoms. The van der Waals surface area contributed by atoms with Gasteiger partial charge in [0.2, 0.25) is 0 Å². The largest absolute Gasteiger partial charge is 0.494 e. The summed E-state index contributed by atoms with van der Waals surface area (Å²) in [5.41, 5.74) is 8.55. The van der Waals surface area contributed by atoms with Gasteiger partial charge in [0.25, 0.3) is 0 Å². The highest BCUT2D eigenvalue weighted by Gasteiger charge is 2.20. The van der Waals surface area contributed by atoms with Gasteiger partial charge in [0.05, 0.1) is 6.61 Å². The van der Waals surface area contributed by atoms with E-state index in [-0.39, 0.29) is 0 Å². The Bertz CT molecular complexity index is 1110. The van der Waals surface area contributed by atoms with E-state index < -0.39 is 0 Å².